The number of nitrogens with zero attached hydrogens (tertiary/aromatic N) is 3. The van der Waals surface area contributed by atoms with Gasteiger partial charge in [0.05, 0.1) is 13.1 Å². The summed E-state index contributed by atoms with van der Waals surface area (Å²) in [6, 6.07) is 20.5. The van der Waals surface area contributed by atoms with Crippen LogP contribution >= 0.6 is 0 Å². The normalized spacial score (nSPS) is 15.2. The molecule has 20 heteroatoms. The van der Waals surface area contributed by atoms with Gasteiger partial charge in [-0.15, -0.1) is 10.2 Å². The third-order valence-electron chi connectivity index (χ3n) is 10.1. The van der Waals surface area contributed by atoms with Gasteiger partial charge in [-0.2, -0.15) is 5.21 Å². The Hall–Kier alpha value is -7.38. The Balaban J connectivity index is 1.18. The molecule has 0 aliphatic heterocycles. The number of hydrogen-bond donors (Lipinski definition) is 8. The first kappa shape index (κ1) is 49.6. The molecule has 0 radical (unpaired) electrons. The predicted molar refractivity (Wildman–Crippen MR) is 244 cm³/mol. The monoisotopic (exact) mass is 909 g/mol. The molecule has 1 atom stereocenters. The number of carbonyl (C=O) groups is 7. The number of carbonyl (C=O) groups excluding carboxylic acids is 7. The van der Waals surface area contributed by atoms with Gasteiger partial charge in [0, 0.05) is 41.4 Å². The highest BCUT2D eigenvalue weighted by Crippen LogP contribution is 2.30. The second-order valence-corrected chi connectivity index (χ2v) is 17.9. The highest BCUT2D eigenvalue weighted by molar-refractivity contribution is 5.99. The molecule has 1 aliphatic rings. The summed E-state index contributed by atoms with van der Waals surface area (Å²) in [7, 11) is 0. The maximum absolute atomic E-state index is 13.9. The molecular weight excluding hydrogens is 851 g/mol. The van der Waals surface area contributed by atoms with E-state index >= 15 is 0 Å². The number of aromatic amines is 1. The van der Waals surface area contributed by atoms with Crippen molar-refractivity contribution in [1.29, 1.82) is 0 Å². The van der Waals surface area contributed by atoms with Crippen molar-refractivity contribution in [3.8, 4) is 22.5 Å². The van der Waals surface area contributed by atoms with Gasteiger partial charge in [0.25, 0.3) is 0 Å². The minimum Gasteiger partial charge on any atom is -0.444 e. The second kappa shape index (κ2) is 23.0. The van der Waals surface area contributed by atoms with Gasteiger partial charge in [-0.25, -0.2) is 9.59 Å². The molecule has 0 spiro atoms. The Kier molecular flexibility index (Phi) is 17.3. The summed E-state index contributed by atoms with van der Waals surface area (Å²) < 4.78 is 10.4. The van der Waals surface area contributed by atoms with Crippen molar-refractivity contribution in [2.45, 2.75) is 90.9 Å². The number of amides is 7. The van der Waals surface area contributed by atoms with E-state index in [2.05, 4.69) is 57.8 Å². The number of aromatic nitrogens is 4. The number of anilines is 2. The minimum atomic E-state index is -0.934. The molecule has 1 aliphatic carbocycles. The number of alkyl carbamates (subject to hydrolysis) is 2. The number of rotatable bonds is 17. The molecule has 4 aromatic rings. The molecule has 1 unspecified atom stereocenters. The molecule has 1 saturated carbocycles. The van der Waals surface area contributed by atoms with Crippen molar-refractivity contribution in [1.82, 2.24) is 47.2 Å². The quantitative estimate of drug-likeness (QED) is 0.0740. The van der Waals surface area contributed by atoms with Crippen molar-refractivity contribution in [2.24, 2.45) is 11.8 Å². The average molecular weight is 910 g/mol. The minimum absolute atomic E-state index is 0.173. The van der Waals surface area contributed by atoms with Crippen LogP contribution in [-0.4, -0.2) is 106 Å². The van der Waals surface area contributed by atoms with E-state index in [0.29, 0.717) is 47.7 Å². The summed E-state index contributed by atoms with van der Waals surface area (Å²) in [5.74, 6) is -2.08. The Morgan fingerprint density at radius 1 is 0.667 bits per heavy atom. The molecule has 0 saturated heterocycles. The van der Waals surface area contributed by atoms with Gasteiger partial charge >= 0.3 is 12.2 Å². The van der Waals surface area contributed by atoms with Gasteiger partial charge in [-0.05, 0) is 120 Å². The smallest absolute Gasteiger partial charge is 0.408 e. The van der Waals surface area contributed by atoms with Crippen LogP contribution in [-0.2, 0) is 39.9 Å². The lowest BCUT2D eigenvalue weighted by atomic mass is 9.81. The zero-order chi connectivity index (χ0) is 47.9. The summed E-state index contributed by atoms with van der Waals surface area (Å²) >= 11 is 0. The second-order valence-electron chi connectivity index (χ2n) is 17.9. The van der Waals surface area contributed by atoms with E-state index in [4.69, 9.17) is 9.47 Å². The number of nitrogens with one attached hydrogen (secondary N) is 8. The first-order valence-electron chi connectivity index (χ1n) is 21.7. The van der Waals surface area contributed by atoms with Crippen molar-refractivity contribution in [3.63, 3.8) is 0 Å². The summed E-state index contributed by atoms with van der Waals surface area (Å²) in [6.07, 6.45) is 1.59. The molecule has 1 aromatic heterocycles. The zero-order valence-electron chi connectivity index (χ0n) is 38.0. The number of ether oxygens (including phenoxy) is 2. The largest absolute Gasteiger partial charge is 0.444 e. The number of benzene rings is 3. The first-order chi connectivity index (χ1) is 31.3. The lowest BCUT2D eigenvalue weighted by Crippen LogP contribution is -2.48. The van der Waals surface area contributed by atoms with Crippen LogP contribution < -0.4 is 37.2 Å². The first-order valence-corrected chi connectivity index (χ1v) is 21.7. The van der Waals surface area contributed by atoms with Gasteiger partial charge < -0.3 is 46.7 Å². The van der Waals surface area contributed by atoms with Crippen LogP contribution in [0.5, 0.6) is 0 Å². The van der Waals surface area contributed by atoms with E-state index in [1.54, 1.807) is 77.9 Å². The van der Waals surface area contributed by atoms with Crippen molar-refractivity contribution >= 4 is 53.1 Å². The van der Waals surface area contributed by atoms with E-state index < -0.39 is 66.1 Å². The molecule has 5 rings (SSSR count). The van der Waals surface area contributed by atoms with E-state index in [1.165, 1.54) is 0 Å². The molecule has 1 heterocycles. The number of tetrazole rings is 1. The predicted octanol–water partition coefficient (Wildman–Crippen LogP) is 4.23. The number of para-hydroxylation sites is 1. The SMILES string of the molecule is CC(C)(C)OC(=O)NCC(=O)NCC(=O)NCC(=O)Nc1ccccc1-c1ccc(CC(NC(=O)C2CCC(CNC(=O)OC(C)(C)C)CC2)C(=O)Nc2ccc(-c3nn[nH]n3)cc2)cc1. The maximum Gasteiger partial charge on any atom is 0.408 e. The van der Waals surface area contributed by atoms with Crippen LogP contribution in [0.3, 0.4) is 0 Å². The number of H-pyrrole nitrogens is 1. The Morgan fingerprint density at radius 2 is 1.24 bits per heavy atom. The van der Waals surface area contributed by atoms with Crippen molar-refractivity contribution < 1.29 is 43.0 Å². The summed E-state index contributed by atoms with van der Waals surface area (Å²) in [5, 5.41) is 32.7. The standard InChI is InChI=1S/C46H59N11O9/c1-45(2,3)65-43(63)49-24-29-13-17-32(18-14-29)41(61)53-36(42(62)51-33-21-19-31(20-22-33)40-54-56-57-55-40)23-28-11-15-30(16-12-28)34-9-7-8-10-35(34)52-39(60)27-48-37(58)25-47-38(59)26-50-44(64)66-46(4,5)6/h7-12,15-16,19-22,29,32,36H,13-14,17-18,23-27H2,1-6H3,(H,47,59)(H,48,58)(H,49,63)(H,50,64)(H,51,62)(H,52,60)(H,53,61)(H,54,55,56,57). The Morgan fingerprint density at radius 3 is 1.85 bits per heavy atom. The van der Waals surface area contributed by atoms with E-state index in [9.17, 15) is 33.6 Å². The molecule has 3 aromatic carbocycles. The van der Waals surface area contributed by atoms with Crippen LogP contribution in [0.4, 0.5) is 21.0 Å². The summed E-state index contributed by atoms with van der Waals surface area (Å²) in [6.45, 7) is 9.74. The van der Waals surface area contributed by atoms with E-state index in [-0.39, 0.29) is 30.7 Å². The summed E-state index contributed by atoms with van der Waals surface area (Å²) in [4.78, 5) is 88.9. The molecule has 1 fully saturated rings. The lowest BCUT2D eigenvalue weighted by molar-refractivity contribution is -0.130. The fourth-order valence-corrected chi connectivity index (χ4v) is 6.93. The van der Waals surface area contributed by atoms with Gasteiger partial charge in [0.2, 0.25) is 35.4 Å². The van der Waals surface area contributed by atoms with Crippen molar-refractivity contribution in [3.05, 3.63) is 78.4 Å². The van der Waals surface area contributed by atoms with Gasteiger partial charge in [-0.3, -0.25) is 24.0 Å². The van der Waals surface area contributed by atoms with Gasteiger partial charge in [0.1, 0.15) is 23.8 Å². The highest BCUT2D eigenvalue weighted by atomic mass is 16.6. The third kappa shape index (κ3) is 16.6. The molecule has 8 N–H and O–H groups in total. The van der Waals surface area contributed by atoms with Crippen LogP contribution in [0.25, 0.3) is 22.5 Å². The molecule has 66 heavy (non-hydrogen) atoms. The Labute approximate surface area is 382 Å². The van der Waals surface area contributed by atoms with Crippen LogP contribution in [0.15, 0.2) is 72.8 Å². The topological polar surface area (TPSA) is 277 Å². The van der Waals surface area contributed by atoms with Gasteiger partial charge in [-0.1, -0.05) is 42.5 Å². The lowest BCUT2D eigenvalue weighted by Gasteiger charge is -2.29. The maximum atomic E-state index is 13.9. The average Bonchev–Trinajstić information content (AvgIpc) is 3.81. The van der Waals surface area contributed by atoms with E-state index in [0.717, 1.165) is 24.0 Å². The van der Waals surface area contributed by atoms with Crippen LogP contribution in [0, 0.1) is 11.8 Å². The fraction of sp³-hybridized carbons (Fsp3) is 0.435. The van der Waals surface area contributed by atoms with Crippen LogP contribution in [0.2, 0.25) is 0 Å². The molecule has 20 nitrogen and oxygen atoms in total. The zero-order valence-corrected chi connectivity index (χ0v) is 38.0. The summed E-state index contributed by atoms with van der Waals surface area (Å²) in [5.41, 5.74) is 2.57. The van der Waals surface area contributed by atoms with Crippen LogP contribution in [0.1, 0.15) is 72.8 Å². The van der Waals surface area contributed by atoms with Crippen molar-refractivity contribution in [2.75, 3.05) is 36.8 Å². The van der Waals surface area contributed by atoms with E-state index in [1.807, 2.05) is 36.4 Å². The third-order valence-corrected chi connectivity index (χ3v) is 10.1. The number of hydrogen-bond acceptors (Lipinski definition) is 12. The van der Waals surface area contributed by atoms with Gasteiger partial charge in [0.15, 0.2) is 0 Å². The Bertz CT molecular complexity index is 2300. The molecule has 7 amide bonds. The molecule has 352 valence electrons. The highest BCUT2D eigenvalue weighted by Gasteiger charge is 2.30. The molecule has 0 bridgehead atoms. The molecular formula is C46H59N11O9. The fourth-order valence-electron chi connectivity index (χ4n) is 6.93.